The van der Waals surface area contributed by atoms with Crippen LogP contribution >= 0.6 is 45.9 Å². The van der Waals surface area contributed by atoms with Gasteiger partial charge in [0, 0.05) is 12.8 Å². The summed E-state index contributed by atoms with van der Waals surface area (Å²) in [6, 6.07) is 14.4. The van der Waals surface area contributed by atoms with E-state index in [0.29, 0.717) is 11.4 Å². The number of halogens is 2. The van der Waals surface area contributed by atoms with Gasteiger partial charge in [-0.3, -0.25) is 9.59 Å². The van der Waals surface area contributed by atoms with Gasteiger partial charge in [-0.15, -0.1) is 22.7 Å². The van der Waals surface area contributed by atoms with E-state index in [-0.39, 0.29) is 65.8 Å². The van der Waals surface area contributed by atoms with Gasteiger partial charge < -0.3 is 9.05 Å². The van der Waals surface area contributed by atoms with Crippen molar-refractivity contribution < 1.29 is 35.5 Å². The normalized spacial score (nSPS) is 11.6. The van der Waals surface area contributed by atoms with Crippen molar-refractivity contribution >= 4 is 89.3 Å². The topological polar surface area (TPSA) is 179 Å². The van der Waals surface area contributed by atoms with E-state index in [1.54, 1.807) is 24.6 Å². The number of carbonyl (C=O) groups excluding carboxylic acids is 2. The van der Waals surface area contributed by atoms with Crippen molar-refractivity contribution in [2.75, 3.05) is 9.44 Å². The molecule has 0 unspecified atom stereocenters. The molecular weight excluding hydrogens is 816 g/mol. The Labute approximate surface area is 330 Å². The number of carbonyl (C=O) groups is 2. The number of aromatic nitrogens is 2. The maximum absolute atomic E-state index is 12.8. The summed E-state index contributed by atoms with van der Waals surface area (Å²) in [6.45, 7) is 11.0. The molecule has 0 saturated carbocycles. The average Bonchev–Trinajstić information content (AvgIpc) is 3.92. The summed E-state index contributed by atoms with van der Waals surface area (Å²) in [5, 5.41) is 10.5. The summed E-state index contributed by atoms with van der Waals surface area (Å²) in [5.41, 5.74) is 6.65. The zero-order valence-corrected chi connectivity index (χ0v) is 34.5. The number of Topliss-reactive ketones (excluding diaryl/α,β-unsaturated/α-hetero) is 2. The minimum Gasteiger partial charge on any atom is -0.336 e. The van der Waals surface area contributed by atoms with E-state index in [4.69, 9.17) is 32.2 Å². The van der Waals surface area contributed by atoms with Gasteiger partial charge in [-0.2, -0.15) is 0 Å². The molecule has 12 nitrogen and oxygen atoms in total. The van der Waals surface area contributed by atoms with Gasteiger partial charge in [-0.1, -0.05) is 81.0 Å². The summed E-state index contributed by atoms with van der Waals surface area (Å²) in [7, 11) is -8.09. The van der Waals surface area contributed by atoms with Gasteiger partial charge in [0.05, 0.1) is 9.75 Å². The van der Waals surface area contributed by atoms with Crippen LogP contribution in [0, 0.1) is 41.5 Å². The zero-order chi connectivity index (χ0) is 39.5. The lowest BCUT2D eigenvalue weighted by Gasteiger charge is -2.08. The van der Waals surface area contributed by atoms with Crippen molar-refractivity contribution in [3.63, 3.8) is 0 Å². The van der Waals surface area contributed by atoms with Crippen LogP contribution in [0.25, 0.3) is 0 Å². The molecular formula is C36H34Cl2N4O8S4. The lowest BCUT2D eigenvalue weighted by molar-refractivity contribution is 0.0985. The molecule has 0 radical (unpaired) electrons. The van der Waals surface area contributed by atoms with E-state index in [1.807, 2.05) is 64.1 Å². The van der Waals surface area contributed by atoms with E-state index in [1.165, 1.54) is 12.1 Å². The lowest BCUT2D eigenvalue weighted by Crippen LogP contribution is -2.16. The van der Waals surface area contributed by atoms with E-state index in [0.717, 1.165) is 56.1 Å². The molecule has 54 heavy (non-hydrogen) atoms. The summed E-state index contributed by atoms with van der Waals surface area (Å²) < 4.78 is 65.1. The summed E-state index contributed by atoms with van der Waals surface area (Å²) in [4.78, 5) is 25.6. The van der Waals surface area contributed by atoms with Gasteiger partial charge in [0.2, 0.25) is 0 Å². The van der Waals surface area contributed by atoms with Crippen LogP contribution in [0.3, 0.4) is 0 Å². The lowest BCUT2D eigenvalue weighted by atomic mass is 10.0. The van der Waals surface area contributed by atoms with E-state index in [9.17, 15) is 26.4 Å². The van der Waals surface area contributed by atoms with Crippen LogP contribution in [0.5, 0.6) is 0 Å². The quantitative estimate of drug-likeness (QED) is 0.113. The molecule has 0 aliphatic heterocycles. The minimum absolute atomic E-state index is 0.0805. The molecule has 4 heterocycles. The predicted molar refractivity (Wildman–Crippen MR) is 211 cm³/mol. The molecule has 0 spiro atoms. The third-order valence-electron chi connectivity index (χ3n) is 8.08. The third-order valence-corrected chi connectivity index (χ3v) is 13.9. The highest BCUT2D eigenvalue weighted by molar-refractivity contribution is 7.93. The second kappa shape index (κ2) is 16.6. The second-order valence-electron chi connectivity index (χ2n) is 12.3. The largest absolute Gasteiger partial charge is 0.336 e. The highest BCUT2D eigenvalue weighted by Gasteiger charge is 2.28. The number of rotatable bonds is 12. The number of aryl methyl sites for hydroxylation is 6. The van der Waals surface area contributed by atoms with Crippen LogP contribution in [-0.2, 0) is 32.9 Å². The van der Waals surface area contributed by atoms with Gasteiger partial charge >= 0.3 is 0 Å². The van der Waals surface area contributed by atoms with Crippen molar-refractivity contribution in [2.45, 2.75) is 64.2 Å². The summed E-state index contributed by atoms with van der Waals surface area (Å²) >= 11 is 14.1. The van der Waals surface area contributed by atoms with Crippen LogP contribution in [0.4, 0.5) is 11.8 Å². The van der Waals surface area contributed by atoms with Crippen LogP contribution < -0.4 is 9.44 Å². The predicted octanol–water partition coefficient (Wildman–Crippen LogP) is 9.08. The molecule has 0 fully saturated rings. The summed E-state index contributed by atoms with van der Waals surface area (Å²) in [6.07, 6.45) is 0.245. The van der Waals surface area contributed by atoms with Crippen molar-refractivity contribution in [1.82, 2.24) is 10.3 Å². The van der Waals surface area contributed by atoms with Crippen molar-refractivity contribution in [2.24, 2.45) is 0 Å². The van der Waals surface area contributed by atoms with Crippen LogP contribution in [0.2, 0.25) is 10.0 Å². The number of hydrogen-bond acceptors (Lipinski definition) is 12. The number of nitrogens with zero attached hydrogens (tertiary/aromatic N) is 2. The molecule has 284 valence electrons. The molecule has 2 N–H and O–H groups in total. The molecule has 0 bridgehead atoms. The Bertz CT molecular complexity index is 2410. The number of hydrogen-bond donors (Lipinski definition) is 2. The SMILES string of the molecule is Cc1ccc(CC(=O)c2sccc2S(=O)(=O)Nc2onc(C)c2Cl)c(C)c1.Cc1ccc(CC(=O)c2sccc2S(=O)(=O)Nc2onc(C)c2Cl)c(C)c1. The molecule has 4 aromatic heterocycles. The summed E-state index contributed by atoms with van der Waals surface area (Å²) in [5.74, 6) is -0.879. The highest BCUT2D eigenvalue weighted by atomic mass is 35.5. The first-order valence-corrected chi connectivity index (χ1v) is 21.5. The number of ketones is 2. The zero-order valence-electron chi connectivity index (χ0n) is 29.7. The number of thiophene rings is 2. The van der Waals surface area contributed by atoms with Crippen LogP contribution in [0.15, 0.2) is 78.1 Å². The Balaban J connectivity index is 0.000000208. The van der Waals surface area contributed by atoms with Gasteiger partial charge in [-0.05, 0) is 86.7 Å². The first-order chi connectivity index (χ1) is 25.4. The molecule has 0 aliphatic carbocycles. The van der Waals surface area contributed by atoms with Crippen molar-refractivity contribution in [1.29, 1.82) is 0 Å². The molecule has 18 heteroatoms. The fourth-order valence-electron chi connectivity index (χ4n) is 5.22. The molecule has 0 amide bonds. The number of sulfonamides is 2. The monoisotopic (exact) mass is 848 g/mol. The molecule has 0 aliphatic rings. The fourth-order valence-corrected chi connectivity index (χ4v) is 10.3. The molecule has 6 rings (SSSR count). The van der Waals surface area contributed by atoms with E-state index >= 15 is 0 Å². The first kappa shape index (κ1) is 40.9. The van der Waals surface area contributed by atoms with E-state index in [2.05, 4.69) is 19.8 Å². The van der Waals surface area contributed by atoms with Gasteiger partial charge in [0.25, 0.3) is 31.8 Å². The van der Waals surface area contributed by atoms with E-state index < -0.39 is 20.0 Å². The van der Waals surface area contributed by atoms with Gasteiger partial charge in [0.15, 0.2) is 11.6 Å². The molecule has 6 aromatic rings. The van der Waals surface area contributed by atoms with Gasteiger partial charge in [0.1, 0.15) is 31.2 Å². The Morgan fingerprint density at radius 1 is 0.630 bits per heavy atom. The Kier molecular flexibility index (Phi) is 12.6. The highest BCUT2D eigenvalue weighted by Crippen LogP contribution is 2.32. The maximum Gasteiger partial charge on any atom is 0.265 e. The first-order valence-electron chi connectivity index (χ1n) is 16.0. The minimum atomic E-state index is -4.04. The smallest absolute Gasteiger partial charge is 0.265 e. The maximum atomic E-state index is 12.8. The standard InChI is InChI=1S/2C18H17ClN2O4S2/c2*1-10-4-5-13(11(2)8-10)9-14(22)17-15(6-7-26-17)27(23,24)21-18-16(19)12(3)20-25-18/h2*4-8,21H,9H2,1-3H3. The Hall–Kier alpha value is -4.32. The number of anilines is 2. The fraction of sp³-hybridized carbons (Fsp3) is 0.222. The Morgan fingerprint density at radius 3 is 1.31 bits per heavy atom. The van der Waals surface area contributed by atoms with Crippen LogP contribution in [0.1, 0.15) is 64.1 Å². The van der Waals surface area contributed by atoms with Crippen LogP contribution in [-0.4, -0.2) is 38.7 Å². The number of benzene rings is 2. The Morgan fingerprint density at radius 2 is 1.00 bits per heavy atom. The number of nitrogens with one attached hydrogen (secondary N) is 2. The average molecular weight is 850 g/mol. The third kappa shape index (κ3) is 9.30. The van der Waals surface area contributed by atoms with Gasteiger partial charge in [-0.25, -0.2) is 26.3 Å². The second-order valence-corrected chi connectivity index (χ2v) is 18.2. The molecule has 0 saturated heterocycles. The molecule has 2 aromatic carbocycles. The molecule has 0 atom stereocenters. The van der Waals surface area contributed by atoms with Crippen molar-refractivity contribution in [3.8, 4) is 0 Å². The van der Waals surface area contributed by atoms with Crippen molar-refractivity contribution in [3.05, 3.63) is 124 Å².